The van der Waals surface area contributed by atoms with Crippen molar-refractivity contribution in [3.8, 4) is 0 Å². The number of nitrogens with one attached hydrogen (secondary N) is 1. The molecule has 1 aromatic rings. The van der Waals surface area contributed by atoms with Crippen LogP contribution in [0.4, 0.5) is 0 Å². The molecule has 4 aliphatic rings. The van der Waals surface area contributed by atoms with Crippen LogP contribution in [0.1, 0.15) is 66.9 Å². The number of carbonyl (C=O) groups excluding carboxylic acids is 2. The summed E-state index contributed by atoms with van der Waals surface area (Å²) in [6.45, 7) is 5.91. The summed E-state index contributed by atoms with van der Waals surface area (Å²) in [7, 11) is 0. The summed E-state index contributed by atoms with van der Waals surface area (Å²) < 4.78 is 5.25. The summed E-state index contributed by atoms with van der Waals surface area (Å²) in [5.74, 6) is 1.96. The van der Waals surface area contributed by atoms with E-state index in [1.54, 1.807) is 6.07 Å². The highest BCUT2D eigenvalue weighted by atomic mass is 16.5. The van der Waals surface area contributed by atoms with E-state index in [0.29, 0.717) is 5.56 Å². The molecule has 0 spiro atoms. The lowest BCUT2D eigenvalue weighted by Crippen LogP contribution is -2.56. The Morgan fingerprint density at radius 3 is 2.22 bits per heavy atom. The van der Waals surface area contributed by atoms with Crippen LogP contribution in [0.2, 0.25) is 0 Å². The van der Waals surface area contributed by atoms with Crippen molar-refractivity contribution in [1.82, 2.24) is 5.32 Å². The standard InChI is InChI=1S/C23H31NO3/c1-14-4-5-20(6-15(14)2)22(26)27-13-21(25)24-16(3)23-10-17-7-18(11-23)9-19(8-17)12-23/h4-6,16-19H,7-13H2,1-3H3,(H,24,25)/t16-,17?,18?,19?,23?/m1/s1. The van der Waals surface area contributed by atoms with E-state index >= 15 is 0 Å². The van der Waals surface area contributed by atoms with Crippen LogP contribution in [-0.2, 0) is 9.53 Å². The van der Waals surface area contributed by atoms with Crippen molar-refractivity contribution in [2.45, 2.75) is 65.3 Å². The van der Waals surface area contributed by atoms with Crippen LogP contribution in [0.3, 0.4) is 0 Å². The SMILES string of the molecule is Cc1ccc(C(=O)OCC(=O)N[C@H](C)C23CC4CC(CC(C4)C2)C3)cc1C. The van der Waals surface area contributed by atoms with Gasteiger partial charge in [-0.3, -0.25) is 4.79 Å². The van der Waals surface area contributed by atoms with E-state index in [9.17, 15) is 9.59 Å². The van der Waals surface area contributed by atoms with Gasteiger partial charge in [0.25, 0.3) is 5.91 Å². The molecular formula is C23H31NO3. The highest BCUT2D eigenvalue weighted by Gasteiger charge is 2.53. The van der Waals surface area contributed by atoms with Crippen LogP contribution >= 0.6 is 0 Å². The molecule has 0 radical (unpaired) electrons. The zero-order valence-corrected chi connectivity index (χ0v) is 16.7. The number of amides is 1. The average molecular weight is 370 g/mol. The lowest BCUT2D eigenvalue weighted by Gasteiger charge is -2.59. The summed E-state index contributed by atoms with van der Waals surface area (Å²) in [5, 5.41) is 3.15. The fourth-order valence-corrected chi connectivity index (χ4v) is 6.23. The van der Waals surface area contributed by atoms with Gasteiger partial charge in [0.2, 0.25) is 0 Å². The summed E-state index contributed by atoms with van der Waals surface area (Å²) in [6.07, 6.45) is 7.95. The first-order valence-electron chi connectivity index (χ1n) is 10.4. The van der Waals surface area contributed by atoms with E-state index in [0.717, 1.165) is 28.9 Å². The lowest BCUT2D eigenvalue weighted by atomic mass is 9.48. The molecule has 0 unspecified atom stereocenters. The van der Waals surface area contributed by atoms with Crippen molar-refractivity contribution in [3.63, 3.8) is 0 Å². The Morgan fingerprint density at radius 1 is 1.07 bits per heavy atom. The molecule has 0 heterocycles. The third kappa shape index (κ3) is 3.63. The topological polar surface area (TPSA) is 55.4 Å². The molecule has 0 saturated heterocycles. The second-order valence-electron chi connectivity index (χ2n) is 9.44. The number of aryl methyl sites for hydroxylation is 2. The van der Waals surface area contributed by atoms with Crippen LogP contribution in [0.5, 0.6) is 0 Å². The number of carbonyl (C=O) groups is 2. The predicted molar refractivity (Wildman–Crippen MR) is 104 cm³/mol. The van der Waals surface area contributed by atoms with Crippen molar-refractivity contribution in [2.75, 3.05) is 6.61 Å². The molecular weight excluding hydrogens is 338 g/mol. The Bertz CT molecular complexity index is 719. The average Bonchev–Trinajstić information content (AvgIpc) is 2.61. The van der Waals surface area contributed by atoms with E-state index in [1.165, 1.54) is 38.5 Å². The Morgan fingerprint density at radius 2 is 1.67 bits per heavy atom. The molecule has 4 aliphatic carbocycles. The van der Waals surface area contributed by atoms with Crippen LogP contribution in [0, 0.1) is 37.0 Å². The van der Waals surface area contributed by atoms with Gasteiger partial charge in [0.05, 0.1) is 5.56 Å². The van der Waals surface area contributed by atoms with Gasteiger partial charge < -0.3 is 10.1 Å². The van der Waals surface area contributed by atoms with E-state index in [4.69, 9.17) is 4.74 Å². The smallest absolute Gasteiger partial charge is 0.338 e. The second kappa shape index (κ2) is 6.96. The number of ether oxygens (including phenoxy) is 1. The third-order valence-corrected chi connectivity index (χ3v) is 7.46. The van der Waals surface area contributed by atoms with Crippen molar-refractivity contribution in [2.24, 2.45) is 23.2 Å². The molecule has 4 bridgehead atoms. The molecule has 4 fully saturated rings. The van der Waals surface area contributed by atoms with Gasteiger partial charge in [-0.15, -0.1) is 0 Å². The van der Waals surface area contributed by atoms with Gasteiger partial charge in [0.1, 0.15) is 0 Å². The first kappa shape index (κ1) is 18.5. The molecule has 0 aromatic heterocycles. The Hall–Kier alpha value is -1.84. The maximum absolute atomic E-state index is 12.4. The normalized spacial score (nSPS) is 32.2. The van der Waals surface area contributed by atoms with E-state index in [-0.39, 0.29) is 24.0 Å². The maximum atomic E-state index is 12.4. The number of benzene rings is 1. The van der Waals surface area contributed by atoms with E-state index in [1.807, 2.05) is 26.0 Å². The molecule has 1 N–H and O–H groups in total. The molecule has 1 atom stereocenters. The van der Waals surface area contributed by atoms with Gasteiger partial charge in [-0.1, -0.05) is 6.07 Å². The second-order valence-corrected chi connectivity index (χ2v) is 9.44. The Balaban J connectivity index is 1.31. The van der Waals surface area contributed by atoms with Crippen molar-refractivity contribution >= 4 is 11.9 Å². The first-order chi connectivity index (χ1) is 12.8. The molecule has 4 saturated carbocycles. The van der Waals surface area contributed by atoms with Crippen LogP contribution in [0.15, 0.2) is 18.2 Å². The number of hydrogen-bond acceptors (Lipinski definition) is 3. The monoisotopic (exact) mass is 369 g/mol. The predicted octanol–water partition coefficient (Wildman–Crippen LogP) is 4.18. The largest absolute Gasteiger partial charge is 0.452 e. The number of hydrogen-bond donors (Lipinski definition) is 1. The van der Waals surface area contributed by atoms with Crippen LogP contribution in [0.25, 0.3) is 0 Å². The minimum absolute atomic E-state index is 0.152. The highest BCUT2D eigenvalue weighted by molar-refractivity contribution is 5.91. The summed E-state index contributed by atoms with van der Waals surface area (Å²) >= 11 is 0. The quantitative estimate of drug-likeness (QED) is 0.792. The summed E-state index contributed by atoms with van der Waals surface area (Å²) in [6, 6.07) is 5.62. The molecule has 146 valence electrons. The summed E-state index contributed by atoms with van der Waals surface area (Å²) in [5.41, 5.74) is 2.95. The van der Waals surface area contributed by atoms with E-state index in [2.05, 4.69) is 12.2 Å². The van der Waals surface area contributed by atoms with E-state index < -0.39 is 5.97 Å². The molecule has 4 nitrogen and oxygen atoms in total. The molecule has 27 heavy (non-hydrogen) atoms. The number of esters is 1. The van der Waals surface area contributed by atoms with Crippen molar-refractivity contribution in [3.05, 3.63) is 34.9 Å². The van der Waals surface area contributed by atoms with Gasteiger partial charge in [-0.05, 0) is 106 Å². The van der Waals surface area contributed by atoms with Crippen molar-refractivity contribution < 1.29 is 14.3 Å². The minimum Gasteiger partial charge on any atom is -0.452 e. The van der Waals surface area contributed by atoms with Gasteiger partial charge in [0.15, 0.2) is 6.61 Å². The third-order valence-electron chi connectivity index (χ3n) is 7.46. The molecule has 5 rings (SSSR count). The van der Waals surface area contributed by atoms with Crippen molar-refractivity contribution in [1.29, 1.82) is 0 Å². The van der Waals surface area contributed by atoms with Gasteiger partial charge in [-0.2, -0.15) is 0 Å². The Labute approximate surface area is 162 Å². The summed E-state index contributed by atoms with van der Waals surface area (Å²) in [4.78, 5) is 24.6. The number of rotatable bonds is 5. The fourth-order valence-electron chi connectivity index (χ4n) is 6.23. The molecule has 0 aliphatic heterocycles. The van der Waals surface area contributed by atoms with Crippen LogP contribution in [-0.4, -0.2) is 24.5 Å². The molecule has 4 heteroatoms. The van der Waals surface area contributed by atoms with Gasteiger partial charge in [-0.25, -0.2) is 4.79 Å². The molecule has 1 amide bonds. The lowest BCUT2D eigenvalue weighted by molar-refractivity contribution is -0.128. The zero-order chi connectivity index (χ0) is 19.2. The minimum atomic E-state index is -0.435. The first-order valence-corrected chi connectivity index (χ1v) is 10.4. The van der Waals surface area contributed by atoms with Gasteiger partial charge >= 0.3 is 5.97 Å². The van der Waals surface area contributed by atoms with Crippen LogP contribution < -0.4 is 5.32 Å². The maximum Gasteiger partial charge on any atom is 0.338 e. The van der Waals surface area contributed by atoms with Gasteiger partial charge in [0, 0.05) is 6.04 Å². The Kier molecular flexibility index (Phi) is 4.77. The molecule has 1 aromatic carbocycles. The zero-order valence-electron chi connectivity index (χ0n) is 16.7. The fraction of sp³-hybridized carbons (Fsp3) is 0.652. The highest BCUT2D eigenvalue weighted by Crippen LogP contribution is 2.61.